The van der Waals surface area contributed by atoms with E-state index in [1.165, 1.54) is 0 Å². The molecule has 2 unspecified atom stereocenters. The largest absolute Gasteiger partial charge is 0.432 e. The fourth-order valence-electron chi connectivity index (χ4n) is 5.22. The lowest BCUT2D eigenvalue weighted by molar-refractivity contribution is -0.125. The van der Waals surface area contributed by atoms with Crippen molar-refractivity contribution in [3.63, 3.8) is 0 Å². The van der Waals surface area contributed by atoms with Gasteiger partial charge in [-0.05, 0) is 61.1 Å². The van der Waals surface area contributed by atoms with Gasteiger partial charge in [-0.1, -0.05) is 68.1 Å². The third-order valence-electron chi connectivity index (χ3n) is 7.44. The Morgan fingerprint density at radius 1 is 0.975 bits per heavy atom. The Kier molecular flexibility index (Phi) is 8.55. The molecule has 40 heavy (non-hydrogen) atoms. The van der Waals surface area contributed by atoms with E-state index in [1.807, 2.05) is 36.4 Å². The van der Waals surface area contributed by atoms with Gasteiger partial charge in [0, 0.05) is 22.3 Å². The van der Waals surface area contributed by atoms with Crippen LogP contribution in [-0.4, -0.2) is 39.6 Å². The maximum absolute atomic E-state index is 13.6. The predicted molar refractivity (Wildman–Crippen MR) is 153 cm³/mol. The Morgan fingerprint density at radius 2 is 1.73 bits per heavy atom. The quantitative estimate of drug-likeness (QED) is 0.243. The van der Waals surface area contributed by atoms with Gasteiger partial charge in [-0.15, -0.1) is 0 Å². The molecule has 0 spiro atoms. The van der Waals surface area contributed by atoms with Crippen LogP contribution in [0.15, 0.2) is 71.3 Å². The van der Waals surface area contributed by atoms with E-state index in [0.717, 1.165) is 43.2 Å². The molecule has 4 aromatic rings. The number of halogens is 1. The van der Waals surface area contributed by atoms with Crippen molar-refractivity contribution in [2.24, 2.45) is 5.92 Å². The van der Waals surface area contributed by atoms with Gasteiger partial charge >= 0.3 is 0 Å². The van der Waals surface area contributed by atoms with Gasteiger partial charge in [0.2, 0.25) is 11.7 Å². The zero-order valence-electron chi connectivity index (χ0n) is 22.2. The summed E-state index contributed by atoms with van der Waals surface area (Å²) in [6, 6.07) is 16.4. The highest BCUT2D eigenvalue weighted by Gasteiger charge is 2.34. The van der Waals surface area contributed by atoms with Crippen molar-refractivity contribution in [1.82, 2.24) is 20.6 Å². The van der Waals surface area contributed by atoms with Crippen molar-refractivity contribution < 1.29 is 18.8 Å². The Bertz CT molecular complexity index is 1480. The third kappa shape index (κ3) is 6.07. The zero-order valence-corrected chi connectivity index (χ0v) is 23.0. The van der Waals surface area contributed by atoms with E-state index >= 15 is 0 Å². The van der Waals surface area contributed by atoms with Crippen molar-refractivity contribution in [3.05, 3.63) is 83.3 Å². The molecule has 1 aliphatic rings. The molecule has 2 atom stereocenters. The number of oxazole rings is 1. The number of ketones is 1. The highest BCUT2D eigenvalue weighted by Crippen LogP contribution is 2.29. The summed E-state index contributed by atoms with van der Waals surface area (Å²) >= 11 is 6.33. The minimum atomic E-state index is -0.849. The van der Waals surface area contributed by atoms with Crippen molar-refractivity contribution in [2.75, 3.05) is 0 Å². The summed E-state index contributed by atoms with van der Waals surface area (Å²) in [6.07, 6.45) is 6.64. The van der Waals surface area contributed by atoms with Crippen LogP contribution in [0.1, 0.15) is 66.5 Å². The standard InChI is InChI=1S/C31H31ClN4O4/c1-2-24(27(37)31-36-28-25(40-31)13-8-18-33-28)34-30(39)26(20-9-4-3-5-10-20)35-29(38)21-16-14-19(15-17-21)22-11-6-7-12-23(22)32/h6-8,11-18,20,24,26H,2-5,9-10H2,1H3,(H,34,39)(H,35,38). The summed E-state index contributed by atoms with van der Waals surface area (Å²) in [6.45, 7) is 1.80. The molecule has 206 valence electrons. The first-order valence-electron chi connectivity index (χ1n) is 13.7. The normalized spacial score (nSPS) is 15.3. The topological polar surface area (TPSA) is 114 Å². The number of aromatic nitrogens is 2. The molecule has 0 bridgehead atoms. The molecule has 0 radical (unpaired) electrons. The fourth-order valence-corrected chi connectivity index (χ4v) is 5.47. The molecule has 0 saturated heterocycles. The first-order chi connectivity index (χ1) is 19.4. The number of nitrogens with one attached hydrogen (secondary N) is 2. The predicted octanol–water partition coefficient (Wildman–Crippen LogP) is 6.00. The number of nitrogens with zero attached hydrogens (tertiary/aromatic N) is 2. The highest BCUT2D eigenvalue weighted by atomic mass is 35.5. The van der Waals surface area contributed by atoms with Crippen molar-refractivity contribution in [1.29, 1.82) is 0 Å². The number of hydrogen-bond donors (Lipinski definition) is 2. The Labute approximate surface area is 237 Å². The van der Waals surface area contributed by atoms with Crippen LogP contribution in [0.3, 0.4) is 0 Å². The zero-order chi connectivity index (χ0) is 28.1. The third-order valence-corrected chi connectivity index (χ3v) is 7.77. The van der Waals surface area contributed by atoms with Crippen molar-refractivity contribution >= 4 is 40.4 Å². The van der Waals surface area contributed by atoms with Crippen LogP contribution in [0.5, 0.6) is 0 Å². The number of benzene rings is 2. The van der Waals surface area contributed by atoms with Crippen LogP contribution in [0.25, 0.3) is 22.4 Å². The van der Waals surface area contributed by atoms with E-state index in [9.17, 15) is 14.4 Å². The number of carbonyl (C=O) groups excluding carboxylic acids is 3. The minimum Gasteiger partial charge on any atom is -0.432 e. The van der Waals surface area contributed by atoms with Gasteiger partial charge in [-0.2, -0.15) is 4.98 Å². The van der Waals surface area contributed by atoms with Crippen molar-refractivity contribution in [2.45, 2.75) is 57.5 Å². The molecular weight excluding hydrogens is 528 g/mol. The lowest BCUT2D eigenvalue weighted by atomic mass is 9.83. The van der Waals surface area contributed by atoms with Gasteiger partial charge in [0.25, 0.3) is 11.8 Å². The van der Waals surface area contributed by atoms with Crippen LogP contribution in [0, 0.1) is 5.92 Å². The molecule has 2 amide bonds. The van der Waals surface area contributed by atoms with E-state index in [0.29, 0.717) is 28.2 Å². The lowest BCUT2D eigenvalue weighted by Crippen LogP contribution is -2.54. The average molecular weight is 559 g/mol. The molecule has 5 rings (SSSR count). The van der Waals surface area contributed by atoms with Gasteiger partial charge in [0.1, 0.15) is 6.04 Å². The second kappa shape index (κ2) is 12.4. The minimum absolute atomic E-state index is 0.0266. The van der Waals surface area contributed by atoms with E-state index in [2.05, 4.69) is 20.6 Å². The maximum Gasteiger partial charge on any atom is 0.268 e. The molecule has 0 aliphatic heterocycles. The number of amides is 2. The Balaban J connectivity index is 1.32. The van der Waals surface area contributed by atoms with Crippen LogP contribution in [-0.2, 0) is 4.79 Å². The molecule has 2 aromatic heterocycles. The van der Waals surface area contributed by atoms with Gasteiger partial charge in [0.15, 0.2) is 11.2 Å². The van der Waals surface area contributed by atoms with E-state index in [-0.39, 0.29) is 23.6 Å². The summed E-state index contributed by atoms with van der Waals surface area (Å²) in [5.41, 5.74) is 2.94. The number of fused-ring (bicyclic) bond motifs is 1. The second-order valence-electron chi connectivity index (χ2n) is 10.1. The molecule has 1 fully saturated rings. The summed E-state index contributed by atoms with van der Waals surface area (Å²) in [5, 5.41) is 6.46. The Morgan fingerprint density at radius 3 is 2.42 bits per heavy atom. The van der Waals surface area contributed by atoms with Gasteiger partial charge in [-0.25, -0.2) is 4.98 Å². The van der Waals surface area contributed by atoms with Gasteiger partial charge < -0.3 is 15.1 Å². The molecule has 2 heterocycles. The molecule has 9 heteroatoms. The first kappa shape index (κ1) is 27.5. The summed E-state index contributed by atoms with van der Waals surface area (Å²) < 4.78 is 5.59. The summed E-state index contributed by atoms with van der Waals surface area (Å²) in [5.74, 6) is -1.29. The lowest BCUT2D eigenvalue weighted by Gasteiger charge is -2.31. The summed E-state index contributed by atoms with van der Waals surface area (Å²) in [7, 11) is 0. The molecule has 2 N–H and O–H groups in total. The number of Topliss-reactive ketones (excluding diaryl/α,β-unsaturated/α-hetero) is 1. The summed E-state index contributed by atoms with van der Waals surface area (Å²) in [4.78, 5) is 48.4. The number of carbonyl (C=O) groups is 3. The average Bonchev–Trinajstić information content (AvgIpc) is 3.43. The van der Waals surface area contributed by atoms with E-state index in [1.54, 1.807) is 37.4 Å². The van der Waals surface area contributed by atoms with Gasteiger partial charge in [0.05, 0.1) is 6.04 Å². The number of pyridine rings is 1. The molecule has 2 aromatic carbocycles. The maximum atomic E-state index is 13.6. The molecule has 8 nitrogen and oxygen atoms in total. The Hall–Kier alpha value is -4.04. The monoisotopic (exact) mass is 558 g/mol. The van der Waals surface area contributed by atoms with Gasteiger partial charge in [-0.3, -0.25) is 14.4 Å². The number of rotatable bonds is 9. The van der Waals surface area contributed by atoms with Crippen LogP contribution < -0.4 is 10.6 Å². The van der Waals surface area contributed by atoms with E-state index in [4.69, 9.17) is 16.0 Å². The smallest absolute Gasteiger partial charge is 0.268 e. The van der Waals surface area contributed by atoms with Crippen LogP contribution in [0.2, 0.25) is 5.02 Å². The van der Waals surface area contributed by atoms with E-state index < -0.39 is 17.9 Å². The highest BCUT2D eigenvalue weighted by molar-refractivity contribution is 6.33. The molecule has 1 saturated carbocycles. The number of hydrogen-bond acceptors (Lipinski definition) is 6. The van der Waals surface area contributed by atoms with Crippen LogP contribution >= 0.6 is 11.6 Å². The first-order valence-corrected chi connectivity index (χ1v) is 14.0. The van der Waals surface area contributed by atoms with Crippen molar-refractivity contribution in [3.8, 4) is 11.1 Å². The molecule has 1 aliphatic carbocycles. The fraction of sp³-hybridized carbons (Fsp3) is 0.323. The molecular formula is C31H31ClN4O4. The van der Waals surface area contributed by atoms with Crippen LogP contribution in [0.4, 0.5) is 0 Å². The second-order valence-corrected chi connectivity index (χ2v) is 10.5. The SMILES string of the molecule is CCC(NC(=O)C(NC(=O)c1ccc(-c2ccccc2Cl)cc1)C1CCCCC1)C(=O)c1nc2ncccc2o1.